The largest absolute Gasteiger partial charge is 0.487 e. The van der Waals surface area contributed by atoms with E-state index in [0.717, 1.165) is 59.2 Å². The van der Waals surface area contributed by atoms with Crippen LogP contribution in [-0.2, 0) is 13.2 Å². The number of piperidine rings is 1. The molecule has 0 spiro atoms. The van der Waals surface area contributed by atoms with E-state index in [1.807, 2.05) is 24.4 Å². The summed E-state index contributed by atoms with van der Waals surface area (Å²) < 4.78 is 21.3. The molecule has 0 amide bonds. The molecule has 1 saturated heterocycles. The topological polar surface area (TPSA) is 84.2 Å². The molecule has 1 fully saturated rings. The Kier molecular flexibility index (Phi) is 7.38. The van der Waals surface area contributed by atoms with Gasteiger partial charge in [0.05, 0.1) is 22.7 Å². The second kappa shape index (κ2) is 11.3. The van der Waals surface area contributed by atoms with Gasteiger partial charge >= 0.3 is 0 Å². The number of halogens is 2. The van der Waals surface area contributed by atoms with Crippen LogP contribution in [0.2, 0.25) is 5.02 Å². The number of hydrogen-bond acceptors (Lipinski definition) is 6. The van der Waals surface area contributed by atoms with E-state index in [1.54, 1.807) is 24.3 Å². The van der Waals surface area contributed by atoms with Crippen molar-refractivity contribution >= 4 is 34.0 Å². The highest BCUT2D eigenvalue weighted by molar-refractivity contribution is 6.32. The Morgan fingerprint density at radius 1 is 1.02 bits per heavy atom. The van der Waals surface area contributed by atoms with Crippen LogP contribution in [0.5, 0.6) is 5.75 Å². The van der Waals surface area contributed by atoms with Gasteiger partial charge in [0.1, 0.15) is 30.3 Å². The second-order valence-corrected chi connectivity index (χ2v) is 10.6. The summed E-state index contributed by atoms with van der Waals surface area (Å²) in [6, 6.07) is 19.8. The Balaban J connectivity index is 1.19. The van der Waals surface area contributed by atoms with Crippen LogP contribution >= 0.6 is 11.6 Å². The maximum Gasteiger partial charge on any atom is 0.141 e. The number of benzene rings is 3. The number of aliphatic hydroxyl groups is 1. The molecule has 1 aliphatic rings. The van der Waals surface area contributed by atoms with Gasteiger partial charge < -0.3 is 25.0 Å². The summed E-state index contributed by atoms with van der Waals surface area (Å²) in [6.45, 7) is 2.45. The summed E-state index contributed by atoms with van der Waals surface area (Å²) in [4.78, 5) is 8.92. The fourth-order valence-electron chi connectivity index (χ4n) is 5.06. The van der Waals surface area contributed by atoms with Crippen molar-refractivity contribution < 1.29 is 14.2 Å². The van der Waals surface area contributed by atoms with Crippen LogP contribution in [-0.4, -0.2) is 38.3 Å². The Labute approximate surface area is 236 Å². The normalized spacial score (nSPS) is 14.8. The van der Waals surface area contributed by atoms with Gasteiger partial charge in [0.15, 0.2) is 0 Å². The van der Waals surface area contributed by atoms with Gasteiger partial charge in [-0.05, 0) is 91.2 Å². The highest BCUT2D eigenvalue weighted by Gasteiger charge is 2.29. The van der Waals surface area contributed by atoms with E-state index in [-0.39, 0.29) is 12.4 Å². The van der Waals surface area contributed by atoms with Gasteiger partial charge in [0.2, 0.25) is 0 Å². The lowest BCUT2D eigenvalue weighted by molar-refractivity contribution is -0.00524. The molecule has 204 valence electrons. The van der Waals surface area contributed by atoms with Crippen molar-refractivity contribution in [3.05, 3.63) is 102 Å². The predicted octanol–water partition coefficient (Wildman–Crippen LogP) is 6.33. The van der Waals surface area contributed by atoms with Crippen LogP contribution in [0.25, 0.3) is 22.0 Å². The minimum atomic E-state index is -0.683. The van der Waals surface area contributed by atoms with Crippen LogP contribution in [0.4, 0.5) is 15.9 Å². The number of aromatic nitrogens is 3. The van der Waals surface area contributed by atoms with Crippen molar-refractivity contribution in [1.29, 1.82) is 0 Å². The zero-order chi connectivity index (χ0) is 27.5. The van der Waals surface area contributed by atoms with E-state index >= 15 is 0 Å². The van der Waals surface area contributed by atoms with E-state index in [0.29, 0.717) is 23.1 Å². The van der Waals surface area contributed by atoms with Crippen LogP contribution in [0.1, 0.15) is 18.4 Å². The van der Waals surface area contributed by atoms with Gasteiger partial charge in [-0.15, -0.1) is 0 Å². The minimum absolute atomic E-state index is 0.210. The lowest BCUT2D eigenvalue weighted by atomic mass is 9.92. The molecule has 0 unspecified atom stereocenters. The summed E-state index contributed by atoms with van der Waals surface area (Å²) in [5.41, 5.74) is 3.68. The maximum absolute atomic E-state index is 13.5. The smallest absolute Gasteiger partial charge is 0.141 e. The molecule has 0 bridgehead atoms. The predicted molar refractivity (Wildman–Crippen MR) is 155 cm³/mol. The van der Waals surface area contributed by atoms with Crippen LogP contribution in [0.15, 0.2) is 85.5 Å². The summed E-state index contributed by atoms with van der Waals surface area (Å²) >= 11 is 6.50. The van der Waals surface area contributed by atoms with Gasteiger partial charge in [-0.3, -0.25) is 0 Å². The van der Waals surface area contributed by atoms with Crippen molar-refractivity contribution in [3.63, 3.8) is 0 Å². The number of ether oxygens (including phenoxy) is 1. The van der Waals surface area contributed by atoms with Gasteiger partial charge in [0.25, 0.3) is 0 Å². The number of nitrogens with zero attached hydrogens (tertiary/aromatic N) is 3. The molecule has 6 rings (SSSR count). The van der Waals surface area contributed by atoms with E-state index in [4.69, 9.17) is 16.3 Å². The highest BCUT2D eigenvalue weighted by Crippen LogP contribution is 2.33. The molecule has 0 atom stereocenters. The SMILES string of the molecule is OC1(Cn2ccc(-c3ccc4ncnc(Nc5ccc(OCc6cccc(F)c6)c(Cl)c5)c4c3)c2)CCNCC1. The van der Waals surface area contributed by atoms with Crippen molar-refractivity contribution in [1.82, 2.24) is 19.9 Å². The molecule has 0 saturated carbocycles. The molecule has 3 heterocycles. The van der Waals surface area contributed by atoms with Crippen LogP contribution in [0.3, 0.4) is 0 Å². The molecule has 9 heteroatoms. The third-order valence-electron chi connectivity index (χ3n) is 7.21. The molecule has 3 N–H and O–H groups in total. The molecule has 3 aromatic carbocycles. The van der Waals surface area contributed by atoms with E-state index in [1.165, 1.54) is 18.5 Å². The summed E-state index contributed by atoms with van der Waals surface area (Å²) in [6.07, 6.45) is 7.10. The van der Waals surface area contributed by atoms with Crippen molar-refractivity contribution in [2.45, 2.75) is 31.6 Å². The number of rotatable bonds is 8. The molecule has 0 aliphatic carbocycles. The van der Waals surface area contributed by atoms with Crippen LogP contribution < -0.4 is 15.4 Å². The molecule has 2 aromatic heterocycles. The molecular formula is C31H29ClFN5O2. The minimum Gasteiger partial charge on any atom is -0.487 e. The van der Waals surface area contributed by atoms with E-state index in [2.05, 4.69) is 43.5 Å². The third kappa shape index (κ3) is 5.94. The molecule has 1 aliphatic heterocycles. The standard InChI is InChI=1S/C31H29ClFN5O2/c32-27-16-25(5-7-29(27)40-18-21-2-1-3-24(33)14-21)37-30-26-15-22(4-6-28(26)35-20-36-30)23-8-13-38(17-23)19-31(39)9-11-34-12-10-31/h1-8,13-17,20,34,39H,9-12,18-19H2,(H,35,36,37). The summed E-state index contributed by atoms with van der Waals surface area (Å²) in [5.74, 6) is 0.852. The highest BCUT2D eigenvalue weighted by atomic mass is 35.5. The average Bonchev–Trinajstić information content (AvgIpc) is 3.41. The third-order valence-corrected chi connectivity index (χ3v) is 7.50. The molecular weight excluding hydrogens is 529 g/mol. The van der Waals surface area contributed by atoms with Crippen LogP contribution in [0, 0.1) is 5.82 Å². The molecule has 40 heavy (non-hydrogen) atoms. The zero-order valence-electron chi connectivity index (χ0n) is 21.8. The Morgan fingerprint density at radius 2 is 1.90 bits per heavy atom. The second-order valence-electron chi connectivity index (χ2n) is 10.2. The number of nitrogens with one attached hydrogen (secondary N) is 2. The maximum atomic E-state index is 13.5. The van der Waals surface area contributed by atoms with Crippen molar-refractivity contribution in [2.75, 3.05) is 18.4 Å². The first-order chi connectivity index (χ1) is 19.4. The number of fused-ring (bicyclic) bond motifs is 1. The quantitative estimate of drug-likeness (QED) is 0.207. The number of hydrogen-bond donors (Lipinski definition) is 3. The lowest BCUT2D eigenvalue weighted by Gasteiger charge is -2.32. The zero-order valence-corrected chi connectivity index (χ0v) is 22.5. The Bertz CT molecular complexity index is 1650. The summed E-state index contributed by atoms with van der Waals surface area (Å²) in [5, 5.41) is 18.9. The van der Waals surface area contributed by atoms with E-state index < -0.39 is 5.60 Å². The number of anilines is 2. The molecule has 0 radical (unpaired) electrons. The Morgan fingerprint density at radius 3 is 2.73 bits per heavy atom. The van der Waals surface area contributed by atoms with Gasteiger partial charge in [0, 0.05) is 23.5 Å². The monoisotopic (exact) mass is 557 g/mol. The first kappa shape index (κ1) is 26.3. The van der Waals surface area contributed by atoms with Crippen molar-refractivity contribution in [3.8, 4) is 16.9 Å². The van der Waals surface area contributed by atoms with E-state index in [9.17, 15) is 9.50 Å². The Hall–Kier alpha value is -3.98. The first-order valence-electron chi connectivity index (χ1n) is 13.2. The van der Waals surface area contributed by atoms with Gasteiger partial charge in [-0.1, -0.05) is 29.8 Å². The van der Waals surface area contributed by atoms with Gasteiger partial charge in [-0.25, -0.2) is 14.4 Å². The summed E-state index contributed by atoms with van der Waals surface area (Å²) in [7, 11) is 0. The molecule has 7 nitrogen and oxygen atoms in total. The molecule has 5 aromatic rings. The lowest BCUT2D eigenvalue weighted by Crippen LogP contribution is -2.44. The fraction of sp³-hybridized carbons (Fsp3) is 0.226. The van der Waals surface area contributed by atoms with Gasteiger partial charge in [-0.2, -0.15) is 0 Å². The van der Waals surface area contributed by atoms with Crippen molar-refractivity contribution in [2.24, 2.45) is 0 Å². The fourth-order valence-corrected chi connectivity index (χ4v) is 5.29. The first-order valence-corrected chi connectivity index (χ1v) is 13.6. The average molecular weight is 558 g/mol.